The maximum Gasteiger partial charge on any atom is 0.472 e. The van der Waals surface area contributed by atoms with Crippen LogP contribution in [0, 0.1) is 0 Å². The molecule has 0 bridgehead atoms. The number of phosphoric ester groups is 1. The van der Waals surface area contributed by atoms with E-state index in [1.165, 1.54) is 101 Å². The average molecular weight is 1220 g/mol. The van der Waals surface area contributed by atoms with Gasteiger partial charge in [-0.3, -0.25) is 18.6 Å². The highest BCUT2D eigenvalue weighted by atomic mass is 32.1. The van der Waals surface area contributed by atoms with Gasteiger partial charge in [0.15, 0.2) is 16.8 Å². The van der Waals surface area contributed by atoms with Crippen molar-refractivity contribution in [1.29, 1.82) is 0 Å². The highest BCUT2D eigenvalue weighted by Gasteiger charge is 2.54. The lowest BCUT2D eigenvalue weighted by Crippen LogP contribution is -2.34. The predicted molar refractivity (Wildman–Crippen MR) is 333 cm³/mol. The van der Waals surface area contributed by atoms with E-state index in [-0.39, 0.29) is 67.3 Å². The van der Waals surface area contributed by atoms with Crippen LogP contribution in [0.3, 0.4) is 0 Å². The number of rotatable bonds is 44. The van der Waals surface area contributed by atoms with Gasteiger partial charge >= 0.3 is 31.8 Å². The maximum atomic E-state index is 13.3. The number of esters is 3. The highest BCUT2D eigenvalue weighted by molar-refractivity contribution is 7.80. The topological polar surface area (TPSA) is 247 Å². The molecule has 1 unspecified atom stereocenters. The zero-order valence-electron chi connectivity index (χ0n) is 50.2. The molecule has 0 saturated heterocycles. The molecule has 2 aliphatic heterocycles. The Hall–Kier alpha value is -5.98. The third-order valence-electron chi connectivity index (χ3n) is 14.7. The first-order chi connectivity index (χ1) is 41.2. The van der Waals surface area contributed by atoms with Gasteiger partial charge in [-0.2, -0.15) is 0 Å². The monoisotopic (exact) mass is 1220 g/mol. The first kappa shape index (κ1) is 69.8. The molecule has 1 spiro atoms. The van der Waals surface area contributed by atoms with Crippen LogP contribution in [-0.4, -0.2) is 89.8 Å². The molecule has 1 amide bonds. The van der Waals surface area contributed by atoms with Gasteiger partial charge in [0.05, 0.1) is 25.3 Å². The zero-order valence-corrected chi connectivity index (χ0v) is 51.9. The number of unbranched alkanes of at least 4 members (excludes halogenated alkanes) is 22. The van der Waals surface area contributed by atoms with E-state index in [2.05, 4.69) is 54.1 Å². The minimum atomic E-state index is -4.73. The standard InChI is InChI=1S/C65H94N3O15PS/c1-3-5-7-9-11-13-15-17-19-21-23-25-27-29-31-33-60(71)78-48-53(81-61(72)34-32-30-28-26-24-22-20-18-16-14-12-10-8-6-4-2)49-80-84(75,76)79-44-42-67-64(74)77-43-41-66-63(85)68-50-35-38-54-57(45-50)65(83-62(54)73)55-39-36-51(69)46-58(55)82-59-47-52(70)37-40-56(59)65/h17-20,35-40,45-47,53,69-70H,3-16,21-34,41-44,48-49H2,1-2H3,(H,67,74)(H,75,76)(H2,66,68,85)/b19-17-,20-18-/t53-/m1/s1. The normalized spacial score (nSPS) is 14.0. The Kier molecular flexibility index (Phi) is 32.6. The number of alkyl carbamates (subject to hydrolysis) is 1. The smallest absolute Gasteiger partial charge is 0.472 e. The Bertz CT molecular complexity index is 2600. The molecule has 20 heteroatoms. The fourth-order valence-electron chi connectivity index (χ4n) is 10.1. The van der Waals surface area contributed by atoms with E-state index in [4.69, 9.17) is 44.9 Å². The molecule has 470 valence electrons. The lowest BCUT2D eigenvalue weighted by atomic mass is 9.77. The van der Waals surface area contributed by atoms with Crippen LogP contribution in [0.4, 0.5) is 10.5 Å². The number of carbonyl (C=O) groups excluding carboxylic acids is 4. The zero-order chi connectivity index (χ0) is 61.0. The number of allylic oxidation sites excluding steroid dienone is 4. The Labute approximate surface area is 509 Å². The summed E-state index contributed by atoms with van der Waals surface area (Å²) in [6, 6.07) is 13.9. The number of hydrogen-bond donors (Lipinski definition) is 6. The van der Waals surface area contributed by atoms with E-state index < -0.39 is 56.7 Å². The van der Waals surface area contributed by atoms with Crippen molar-refractivity contribution in [2.75, 3.05) is 44.8 Å². The Morgan fingerprint density at radius 3 is 1.66 bits per heavy atom. The van der Waals surface area contributed by atoms with Crippen LogP contribution in [-0.2, 0) is 47.8 Å². The van der Waals surface area contributed by atoms with Gasteiger partial charge in [-0.05, 0) is 119 Å². The van der Waals surface area contributed by atoms with E-state index in [1.807, 2.05) is 0 Å². The van der Waals surface area contributed by atoms with Gasteiger partial charge in [-0.25, -0.2) is 14.2 Å². The summed E-state index contributed by atoms with van der Waals surface area (Å²) in [5.74, 6) is -1.24. The molecule has 6 N–H and O–H groups in total. The largest absolute Gasteiger partial charge is 0.508 e. The lowest BCUT2D eigenvalue weighted by Gasteiger charge is -2.36. The number of thiocarbonyl (C=S) groups is 1. The maximum absolute atomic E-state index is 13.3. The highest BCUT2D eigenvalue weighted by Crippen LogP contribution is 2.57. The molecule has 2 heterocycles. The number of phosphoric acid groups is 1. The van der Waals surface area contributed by atoms with Gasteiger partial charge in [-0.15, -0.1) is 0 Å². The van der Waals surface area contributed by atoms with Gasteiger partial charge in [0.2, 0.25) is 0 Å². The number of nitrogens with one attached hydrogen (secondary N) is 3. The second-order valence-corrected chi connectivity index (χ2v) is 23.7. The fraction of sp³-hybridized carbons (Fsp3) is 0.585. The quantitative estimate of drug-likeness (QED) is 0.00769. The van der Waals surface area contributed by atoms with Crippen molar-refractivity contribution in [1.82, 2.24) is 10.6 Å². The van der Waals surface area contributed by atoms with Gasteiger partial charge < -0.3 is 54.7 Å². The van der Waals surface area contributed by atoms with Crippen LogP contribution in [0.5, 0.6) is 23.0 Å². The van der Waals surface area contributed by atoms with Gasteiger partial charge in [0.1, 0.15) is 36.2 Å². The number of benzene rings is 3. The Balaban J connectivity index is 0.984. The summed E-state index contributed by atoms with van der Waals surface area (Å²) in [6.45, 7) is 2.83. The number of anilines is 1. The molecule has 85 heavy (non-hydrogen) atoms. The van der Waals surface area contributed by atoms with Crippen molar-refractivity contribution in [2.45, 2.75) is 205 Å². The van der Waals surface area contributed by atoms with E-state index in [0.29, 0.717) is 40.8 Å². The second kappa shape index (κ2) is 39.7. The number of fused-ring (bicyclic) bond motifs is 6. The van der Waals surface area contributed by atoms with Crippen molar-refractivity contribution in [3.63, 3.8) is 0 Å². The predicted octanol–water partition coefficient (Wildman–Crippen LogP) is 15.3. The fourth-order valence-corrected chi connectivity index (χ4v) is 11.1. The number of phenolic OH excluding ortho intramolecular Hbond substituents is 2. The summed E-state index contributed by atoms with van der Waals surface area (Å²) in [6.07, 6.45) is 36.7. The summed E-state index contributed by atoms with van der Waals surface area (Å²) in [5, 5.41) is 29.1. The van der Waals surface area contributed by atoms with Gasteiger partial charge in [-0.1, -0.05) is 141 Å². The average Bonchev–Trinajstić information content (AvgIpc) is 1.65. The number of aromatic hydroxyl groups is 2. The number of phenols is 2. The molecule has 0 saturated carbocycles. The number of ether oxygens (including phenoxy) is 5. The first-order valence-electron chi connectivity index (χ1n) is 31.2. The van der Waals surface area contributed by atoms with Gasteiger partial charge in [0.25, 0.3) is 0 Å². The van der Waals surface area contributed by atoms with Crippen LogP contribution in [0.15, 0.2) is 78.9 Å². The van der Waals surface area contributed by atoms with Crippen molar-refractivity contribution < 1.29 is 71.6 Å². The number of hydrogen-bond acceptors (Lipinski definition) is 15. The van der Waals surface area contributed by atoms with E-state index in [0.717, 1.165) is 77.0 Å². The summed E-state index contributed by atoms with van der Waals surface area (Å²) < 4.78 is 51.6. The van der Waals surface area contributed by atoms with Crippen LogP contribution in [0.25, 0.3) is 0 Å². The Morgan fingerprint density at radius 1 is 0.600 bits per heavy atom. The molecule has 2 atom stereocenters. The molecular weight excluding hydrogens is 1130 g/mol. The van der Waals surface area contributed by atoms with Crippen molar-refractivity contribution in [2.24, 2.45) is 0 Å². The van der Waals surface area contributed by atoms with Gasteiger partial charge in [0, 0.05) is 53.9 Å². The van der Waals surface area contributed by atoms with Crippen molar-refractivity contribution >= 4 is 54.8 Å². The third kappa shape index (κ3) is 25.9. The molecule has 18 nitrogen and oxygen atoms in total. The first-order valence-corrected chi connectivity index (χ1v) is 33.1. The molecule has 2 aliphatic rings. The molecule has 0 aliphatic carbocycles. The molecule has 3 aromatic rings. The molecule has 5 rings (SSSR count). The SMILES string of the molecule is CCCCCCCC/C=C\CCCCCCCC(=O)OC[C@H](COP(=O)(O)OCCNC(=O)OCCNC(=S)Nc1ccc2c(c1)C1(OC2=O)c2ccc(O)cc2Oc2cc(O)ccc21)OC(=O)CCCCCCC/C=C\CCCCCCCC. The minimum absolute atomic E-state index is 0.0678. The van der Waals surface area contributed by atoms with E-state index in [9.17, 15) is 38.8 Å². The van der Waals surface area contributed by atoms with E-state index in [1.54, 1.807) is 30.3 Å². The van der Waals surface area contributed by atoms with Crippen LogP contribution >= 0.6 is 20.0 Å². The number of carbonyl (C=O) groups is 4. The molecule has 0 aromatic heterocycles. The van der Waals surface area contributed by atoms with Crippen LogP contribution in [0.1, 0.15) is 221 Å². The minimum Gasteiger partial charge on any atom is -0.508 e. The lowest BCUT2D eigenvalue weighted by molar-refractivity contribution is -0.161. The second-order valence-electron chi connectivity index (χ2n) is 21.8. The van der Waals surface area contributed by atoms with Crippen molar-refractivity contribution in [3.8, 4) is 23.0 Å². The summed E-state index contributed by atoms with van der Waals surface area (Å²) in [4.78, 5) is 62.0. The summed E-state index contributed by atoms with van der Waals surface area (Å²) in [5.41, 5.74) is 0.720. The summed E-state index contributed by atoms with van der Waals surface area (Å²) >= 11 is 5.50. The van der Waals surface area contributed by atoms with Crippen molar-refractivity contribution in [3.05, 3.63) is 101 Å². The molecule has 0 fully saturated rings. The number of amides is 1. The van der Waals surface area contributed by atoms with Crippen LogP contribution in [0.2, 0.25) is 0 Å². The van der Waals surface area contributed by atoms with E-state index >= 15 is 0 Å². The summed E-state index contributed by atoms with van der Waals surface area (Å²) in [7, 11) is -4.73. The molecule has 0 radical (unpaired) electrons. The Morgan fingerprint density at radius 2 is 1.11 bits per heavy atom. The molecular formula is C65H94N3O15PS. The molecule has 3 aromatic carbocycles. The third-order valence-corrected chi connectivity index (χ3v) is 15.9. The van der Waals surface area contributed by atoms with Crippen LogP contribution < -0.4 is 20.7 Å².